The fourth-order valence-electron chi connectivity index (χ4n) is 2.36. The second kappa shape index (κ2) is 5.93. The first-order valence-electron chi connectivity index (χ1n) is 7.10. The summed E-state index contributed by atoms with van der Waals surface area (Å²) in [6.07, 6.45) is 0. The zero-order chi connectivity index (χ0) is 16.6. The van der Waals surface area contributed by atoms with Gasteiger partial charge in [-0.1, -0.05) is 29.8 Å². The molecule has 3 rings (SSSR count). The van der Waals surface area contributed by atoms with E-state index >= 15 is 0 Å². The van der Waals surface area contributed by atoms with Crippen molar-refractivity contribution in [2.24, 2.45) is 0 Å². The van der Waals surface area contributed by atoms with Gasteiger partial charge in [0, 0.05) is 0 Å². The quantitative estimate of drug-likeness (QED) is 0.835. The van der Waals surface area contributed by atoms with Crippen molar-refractivity contribution in [3.63, 3.8) is 0 Å². The minimum atomic E-state index is -0.311. The fourth-order valence-corrected chi connectivity index (χ4v) is 3.26. The Morgan fingerprint density at radius 2 is 1.61 bits per heavy atom. The van der Waals surface area contributed by atoms with E-state index < -0.39 is 0 Å². The van der Waals surface area contributed by atoms with Crippen LogP contribution >= 0.6 is 11.8 Å². The second-order valence-corrected chi connectivity index (χ2v) is 6.31. The van der Waals surface area contributed by atoms with Gasteiger partial charge in [0.25, 0.3) is 11.1 Å². The molecule has 0 aliphatic carbocycles. The highest BCUT2D eigenvalue weighted by Crippen LogP contribution is 2.39. The van der Waals surface area contributed by atoms with E-state index in [4.69, 9.17) is 0 Å². The van der Waals surface area contributed by atoms with Crippen LogP contribution in [0.25, 0.3) is 5.57 Å². The van der Waals surface area contributed by atoms with Crippen molar-refractivity contribution >= 4 is 34.2 Å². The number of allylic oxidation sites excluding steroid dienone is 1. The first-order valence-corrected chi connectivity index (χ1v) is 7.92. The number of hydrogen-bond donors (Lipinski definition) is 1. The normalized spacial score (nSPS) is 16.9. The average molecular weight is 325 g/mol. The number of nitrogens with zero attached hydrogens (tertiary/aromatic N) is 1. The summed E-state index contributed by atoms with van der Waals surface area (Å²) in [5.41, 5.74) is 3.17. The molecule has 0 atom stereocenters. The number of amides is 2. The van der Waals surface area contributed by atoms with Gasteiger partial charge in [-0.15, -0.1) is 0 Å². The summed E-state index contributed by atoms with van der Waals surface area (Å²) in [4.78, 5) is 26.5. The molecular weight excluding hydrogens is 310 g/mol. The number of aromatic hydroxyl groups is 1. The van der Waals surface area contributed by atoms with Gasteiger partial charge in [0.1, 0.15) is 5.75 Å². The number of carbonyl (C=O) groups excluding carboxylic acids is 2. The number of anilines is 1. The largest absolute Gasteiger partial charge is 0.508 e. The third kappa shape index (κ3) is 2.87. The Labute approximate surface area is 138 Å². The van der Waals surface area contributed by atoms with Gasteiger partial charge in [-0.25, -0.2) is 4.90 Å². The van der Waals surface area contributed by atoms with E-state index in [-0.39, 0.29) is 16.9 Å². The molecule has 2 aromatic carbocycles. The van der Waals surface area contributed by atoms with Crippen LogP contribution in [0.2, 0.25) is 0 Å². The number of aryl methyl sites for hydroxylation is 1. The van der Waals surface area contributed by atoms with Gasteiger partial charge in [0.15, 0.2) is 0 Å². The van der Waals surface area contributed by atoms with Crippen LogP contribution in [-0.4, -0.2) is 16.3 Å². The molecule has 1 N–H and O–H groups in total. The number of phenols is 1. The number of carbonyl (C=O) groups is 2. The maximum atomic E-state index is 12.7. The molecule has 2 aromatic rings. The summed E-state index contributed by atoms with van der Waals surface area (Å²) in [7, 11) is 0. The van der Waals surface area contributed by atoms with Crippen molar-refractivity contribution in [1.82, 2.24) is 0 Å². The molecule has 1 heterocycles. The minimum absolute atomic E-state index is 0.161. The molecular formula is C18H15NO3S. The van der Waals surface area contributed by atoms with Crippen LogP contribution in [0.5, 0.6) is 5.75 Å². The average Bonchev–Trinajstić information content (AvgIpc) is 2.83. The van der Waals surface area contributed by atoms with E-state index in [1.165, 1.54) is 4.90 Å². The number of hydrogen-bond acceptors (Lipinski definition) is 4. The number of phenolic OH excluding ortho intramolecular Hbond substituents is 1. The van der Waals surface area contributed by atoms with Crippen LogP contribution in [0, 0.1) is 6.92 Å². The zero-order valence-corrected chi connectivity index (χ0v) is 13.6. The van der Waals surface area contributed by atoms with Gasteiger partial charge in [-0.3, -0.25) is 9.59 Å². The van der Waals surface area contributed by atoms with Crippen molar-refractivity contribution in [3.05, 3.63) is 64.6 Å². The van der Waals surface area contributed by atoms with Crippen LogP contribution in [0.15, 0.2) is 53.4 Å². The van der Waals surface area contributed by atoms with Crippen molar-refractivity contribution in [1.29, 1.82) is 0 Å². The predicted octanol–water partition coefficient (Wildman–Crippen LogP) is 4.33. The van der Waals surface area contributed by atoms with Gasteiger partial charge in [-0.05, 0) is 61.0 Å². The third-order valence-electron chi connectivity index (χ3n) is 3.70. The maximum Gasteiger partial charge on any atom is 0.298 e. The standard InChI is InChI=1S/C18H15NO3S/c1-11-3-7-14(8-4-11)19-17(21)16(23-18(19)22)12(2)13-5-9-15(20)10-6-13/h3-10,20H,1-2H3/b16-12-. The molecule has 0 bridgehead atoms. The van der Waals surface area contributed by atoms with Crippen molar-refractivity contribution in [3.8, 4) is 5.75 Å². The van der Waals surface area contributed by atoms with E-state index in [0.717, 1.165) is 28.5 Å². The molecule has 1 aliphatic rings. The molecule has 2 amide bonds. The maximum absolute atomic E-state index is 12.7. The lowest BCUT2D eigenvalue weighted by atomic mass is 10.1. The van der Waals surface area contributed by atoms with Crippen LogP contribution in [0.3, 0.4) is 0 Å². The van der Waals surface area contributed by atoms with Crippen LogP contribution in [0.4, 0.5) is 10.5 Å². The lowest BCUT2D eigenvalue weighted by Crippen LogP contribution is -2.27. The SMILES string of the molecule is C/C(=C1/SC(=O)N(c2ccc(C)cc2)C1=O)c1ccc(O)cc1. The van der Waals surface area contributed by atoms with Crippen molar-refractivity contribution in [2.45, 2.75) is 13.8 Å². The van der Waals surface area contributed by atoms with Crippen LogP contribution in [0.1, 0.15) is 18.1 Å². The van der Waals surface area contributed by atoms with Gasteiger partial charge in [0.2, 0.25) is 0 Å². The van der Waals surface area contributed by atoms with Gasteiger partial charge in [-0.2, -0.15) is 0 Å². The molecule has 116 valence electrons. The molecule has 1 saturated heterocycles. The van der Waals surface area contributed by atoms with E-state index in [0.29, 0.717) is 10.6 Å². The summed E-state index contributed by atoms with van der Waals surface area (Å²) < 4.78 is 0. The van der Waals surface area contributed by atoms with Crippen molar-refractivity contribution in [2.75, 3.05) is 4.90 Å². The highest BCUT2D eigenvalue weighted by atomic mass is 32.2. The minimum Gasteiger partial charge on any atom is -0.508 e. The van der Waals surface area contributed by atoms with E-state index in [1.54, 1.807) is 43.3 Å². The Kier molecular flexibility index (Phi) is 3.96. The van der Waals surface area contributed by atoms with Crippen LogP contribution < -0.4 is 4.90 Å². The Balaban J connectivity index is 1.98. The molecule has 0 radical (unpaired) electrons. The predicted molar refractivity (Wildman–Crippen MR) is 92.4 cm³/mol. The van der Waals surface area contributed by atoms with Gasteiger partial charge >= 0.3 is 0 Å². The fraction of sp³-hybridized carbons (Fsp3) is 0.111. The monoisotopic (exact) mass is 325 g/mol. The van der Waals surface area contributed by atoms with Crippen LogP contribution in [-0.2, 0) is 4.79 Å². The first kappa shape index (κ1) is 15.4. The Morgan fingerprint density at radius 1 is 1.00 bits per heavy atom. The molecule has 1 fully saturated rings. The number of thioether (sulfide) groups is 1. The lowest BCUT2D eigenvalue weighted by molar-refractivity contribution is -0.113. The second-order valence-electron chi connectivity index (χ2n) is 5.35. The summed E-state index contributed by atoms with van der Waals surface area (Å²) >= 11 is 0.943. The summed E-state index contributed by atoms with van der Waals surface area (Å²) in [5, 5.41) is 9.06. The molecule has 0 saturated carbocycles. The molecule has 4 nitrogen and oxygen atoms in total. The third-order valence-corrected chi connectivity index (χ3v) is 4.74. The Hall–Kier alpha value is -2.53. The number of imide groups is 1. The Morgan fingerprint density at radius 3 is 2.22 bits per heavy atom. The molecule has 0 aromatic heterocycles. The lowest BCUT2D eigenvalue weighted by Gasteiger charge is -2.12. The topological polar surface area (TPSA) is 57.6 Å². The molecule has 5 heteroatoms. The van der Waals surface area contributed by atoms with Gasteiger partial charge < -0.3 is 5.11 Å². The number of benzene rings is 2. The number of rotatable bonds is 2. The molecule has 23 heavy (non-hydrogen) atoms. The molecule has 0 spiro atoms. The van der Waals surface area contributed by atoms with Gasteiger partial charge in [0.05, 0.1) is 10.6 Å². The van der Waals surface area contributed by atoms with E-state index in [2.05, 4.69) is 0 Å². The smallest absolute Gasteiger partial charge is 0.298 e. The summed E-state index contributed by atoms with van der Waals surface area (Å²) in [5.74, 6) is -0.149. The molecule has 0 unspecified atom stereocenters. The van der Waals surface area contributed by atoms with E-state index in [9.17, 15) is 14.7 Å². The van der Waals surface area contributed by atoms with Crippen molar-refractivity contribution < 1.29 is 14.7 Å². The highest BCUT2D eigenvalue weighted by Gasteiger charge is 2.37. The zero-order valence-electron chi connectivity index (χ0n) is 12.7. The summed E-state index contributed by atoms with van der Waals surface area (Å²) in [6, 6.07) is 13.8. The Bertz CT molecular complexity index is 807. The summed E-state index contributed by atoms with van der Waals surface area (Å²) in [6.45, 7) is 3.75. The van der Waals surface area contributed by atoms with E-state index in [1.807, 2.05) is 19.1 Å². The highest BCUT2D eigenvalue weighted by molar-refractivity contribution is 8.19. The molecule has 1 aliphatic heterocycles. The first-order chi connectivity index (χ1) is 11.0.